The first-order chi connectivity index (χ1) is 12.7. The molecule has 0 radical (unpaired) electrons. The summed E-state index contributed by atoms with van der Waals surface area (Å²) in [4.78, 5) is 24.5. The monoisotopic (exact) mass is 367 g/mol. The Kier molecular flexibility index (Phi) is 4.59. The first-order valence-electron chi connectivity index (χ1n) is 8.81. The molecule has 0 aliphatic carbocycles. The second kappa shape index (κ2) is 7.03. The summed E-state index contributed by atoms with van der Waals surface area (Å²) in [6, 6.07) is 10.4. The van der Waals surface area contributed by atoms with E-state index in [2.05, 4.69) is 39.5 Å². The molecule has 0 unspecified atom stereocenters. The van der Waals surface area contributed by atoms with Gasteiger partial charge in [-0.15, -0.1) is 11.3 Å². The third-order valence-corrected chi connectivity index (χ3v) is 5.81. The Bertz CT molecular complexity index is 931. The number of hydrogen-bond donors (Lipinski definition) is 0. The molecule has 1 aliphatic heterocycles. The van der Waals surface area contributed by atoms with Crippen molar-refractivity contribution in [1.29, 1.82) is 0 Å². The van der Waals surface area contributed by atoms with E-state index in [0.717, 1.165) is 47.8 Å². The Labute approximate surface area is 156 Å². The average molecular weight is 367 g/mol. The van der Waals surface area contributed by atoms with Gasteiger partial charge in [-0.3, -0.25) is 4.79 Å². The second-order valence-electron chi connectivity index (χ2n) is 6.57. The van der Waals surface area contributed by atoms with Gasteiger partial charge in [-0.2, -0.15) is 0 Å². The average Bonchev–Trinajstić information content (AvgIpc) is 3.11. The van der Waals surface area contributed by atoms with Crippen LogP contribution in [0.5, 0.6) is 0 Å². The van der Waals surface area contributed by atoms with Crippen molar-refractivity contribution in [3.05, 3.63) is 41.5 Å². The number of ether oxygens (including phenoxy) is 1. The van der Waals surface area contributed by atoms with Crippen molar-refractivity contribution < 1.29 is 9.53 Å². The molecule has 2 aromatic heterocycles. The van der Waals surface area contributed by atoms with Crippen LogP contribution in [0.3, 0.4) is 0 Å². The maximum atomic E-state index is 11.8. The standard InChI is InChI=1S/C20H21N3O2S/c1-13-21-18(23-10-8-15(9-11-23)20(24)25-2)17-16(12-26-19(17)22-13)14-6-4-3-5-7-14/h3-7,12,15H,8-11H2,1-2H3. The molecule has 134 valence electrons. The van der Waals surface area contributed by atoms with Gasteiger partial charge in [0.05, 0.1) is 18.4 Å². The lowest BCUT2D eigenvalue weighted by atomic mass is 9.96. The molecule has 0 spiro atoms. The molecule has 1 aromatic carbocycles. The van der Waals surface area contributed by atoms with Crippen LogP contribution in [0.1, 0.15) is 18.7 Å². The van der Waals surface area contributed by atoms with Crippen molar-refractivity contribution >= 4 is 33.3 Å². The number of benzene rings is 1. The number of piperidine rings is 1. The zero-order valence-electron chi connectivity index (χ0n) is 14.9. The maximum Gasteiger partial charge on any atom is 0.308 e. The molecule has 0 amide bonds. The molecule has 6 heteroatoms. The minimum atomic E-state index is -0.103. The van der Waals surface area contributed by atoms with Crippen molar-refractivity contribution in [3.8, 4) is 11.1 Å². The van der Waals surface area contributed by atoms with E-state index in [1.807, 2.05) is 13.0 Å². The highest BCUT2D eigenvalue weighted by atomic mass is 32.1. The topological polar surface area (TPSA) is 55.3 Å². The van der Waals surface area contributed by atoms with E-state index >= 15 is 0 Å². The van der Waals surface area contributed by atoms with Crippen LogP contribution >= 0.6 is 11.3 Å². The van der Waals surface area contributed by atoms with Gasteiger partial charge in [-0.05, 0) is 25.3 Å². The summed E-state index contributed by atoms with van der Waals surface area (Å²) in [5.74, 6) is 1.65. The minimum absolute atomic E-state index is 0.00857. The number of hydrogen-bond acceptors (Lipinski definition) is 6. The molecule has 26 heavy (non-hydrogen) atoms. The fourth-order valence-corrected chi connectivity index (χ4v) is 4.57. The van der Waals surface area contributed by atoms with E-state index in [0.29, 0.717) is 0 Å². The summed E-state index contributed by atoms with van der Waals surface area (Å²) in [7, 11) is 1.46. The third-order valence-electron chi connectivity index (χ3n) is 4.94. The number of rotatable bonds is 3. The lowest BCUT2D eigenvalue weighted by molar-refractivity contribution is -0.146. The number of nitrogens with zero attached hydrogens (tertiary/aromatic N) is 3. The lowest BCUT2D eigenvalue weighted by Gasteiger charge is -2.32. The van der Waals surface area contributed by atoms with Crippen LogP contribution in [0, 0.1) is 12.8 Å². The Morgan fingerprint density at radius 2 is 1.92 bits per heavy atom. The number of anilines is 1. The molecule has 0 atom stereocenters. The predicted octanol–water partition coefficient (Wildman–Crippen LogP) is 4.06. The molecule has 1 fully saturated rings. The van der Waals surface area contributed by atoms with E-state index in [1.165, 1.54) is 18.2 Å². The van der Waals surface area contributed by atoms with Crippen LogP contribution in [0.15, 0.2) is 35.7 Å². The molecule has 1 saturated heterocycles. The maximum absolute atomic E-state index is 11.8. The normalized spacial score (nSPS) is 15.4. The first kappa shape index (κ1) is 17.0. The van der Waals surface area contributed by atoms with Crippen LogP contribution in [0.2, 0.25) is 0 Å². The van der Waals surface area contributed by atoms with Crippen LogP contribution in [-0.4, -0.2) is 36.1 Å². The largest absolute Gasteiger partial charge is 0.469 e. The molecule has 0 saturated carbocycles. The molecule has 0 N–H and O–H groups in total. The predicted molar refractivity (Wildman–Crippen MR) is 105 cm³/mol. The van der Waals surface area contributed by atoms with Gasteiger partial charge in [-0.25, -0.2) is 9.97 Å². The summed E-state index contributed by atoms with van der Waals surface area (Å²) < 4.78 is 4.90. The van der Waals surface area contributed by atoms with Gasteiger partial charge in [0.2, 0.25) is 0 Å². The summed E-state index contributed by atoms with van der Waals surface area (Å²) in [5, 5.41) is 3.28. The number of carbonyl (C=O) groups is 1. The van der Waals surface area contributed by atoms with Crippen molar-refractivity contribution in [2.24, 2.45) is 5.92 Å². The molecule has 0 bridgehead atoms. The van der Waals surface area contributed by atoms with Gasteiger partial charge in [0.25, 0.3) is 0 Å². The fraction of sp³-hybridized carbons (Fsp3) is 0.350. The SMILES string of the molecule is COC(=O)C1CCN(c2nc(C)nc3scc(-c4ccccc4)c23)CC1. The van der Waals surface area contributed by atoms with Crippen LogP contribution < -0.4 is 4.90 Å². The minimum Gasteiger partial charge on any atom is -0.469 e. The van der Waals surface area contributed by atoms with Crippen molar-refractivity contribution in [2.45, 2.75) is 19.8 Å². The number of fused-ring (bicyclic) bond motifs is 1. The van der Waals surface area contributed by atoms with E-state index in [-0.39, 0.29) is 11.9 Å². The Morgan fingerprint density at radius 1 is 1.19 bits per heavy atom. The van der Waals surface area contributed by atoms with Gasteiger partial charge in [0.1, 0.15) is 16.5 Å². The highest BCUT2D eigenvalue weighted by Gasteiger charge is 2.28. The quantitative estimate of drug-likeness (QED) is 0.654. The molecule has 5 nitrogen and oxygen atoms in total. The Morgan fingerprint density at radius 3 is 2.62 bits per heavy atom. The van der Waals surface area contributed by atoms with Gasteiger partial charge < -0.3 is 9.64 Å². The molecule has 1 aliphatic rings. The summed E-state index contributed by atoms with van der Waals surface area (Å²) in [5.41, 5.74) is 2.35. The number of aromatic nitrogens is 2. The molecular formula is C20H21N3O2S. The van der Waals surface area contributed by atoms with Gasteiger partial charge in [0, 0.05) is 24.0 Å². The van der Waals surface area contributed by atoms with Gasteiger partial charge >= 0.3 is 5.97 Å². The highest BCUT2D eigenvalue weighted by Crippen LogP contribution is 2.39. The number of methoxy groups -OCH3 is 1. The summed E-state index contributed by atoms with van der Waals surface area (Å²) in [6.07, 6.45) is 1.59. The number of thiophene rings is 1. The lowest BCUT2D eigenvalue weighted by Crippen LogP contribution is -2.37. The Balaban J connectivity index is 1.73. The number of carbonyl (C=O) groups excluding carboxylic acids is 1. The second-order valence-corrected chi connectivity index (χ2v) is 7.43. The smallest absolute Gasteiger partial charge is 0.308 e. The highest BCUT2D eigenvalue weighted by molar-refractivity contribution is 7.17. The summed E-state index contributed by atoms with van der Waals surface area (Å²) in [6.45, 7) is 3.54. The Hall–Kier alpha value is -2.47. The fourth-order valence-electron chi connectivity index (χ4n) is 3.58. The number of aryl methyl sites for hydroxylation is 1. The van der Waals surface area contributed by atoms with E-state index < -0.39 is 0 Å². The van der Waals surface area contributed by atoms with Crippen molar-refractivity contribution in [2.75, 3.05) is 25.1 Å². The van der Waals surface area contributed by atoms with Crippen molar-refractivity contribution in [1.82, 2.24) is 9.97 Å². The van der Waals surface area contributed by atoms with E-state index in [1.54, 1.807) is 11.3 Å². The molecule has 3 heterocycles. The molecule has 3 aromatic rings. The van der Waals surface area contributed by atoms with Crippen LogP contribution in [0.25, 0.3) is 21.3 Å². The van der Waals surface area contributed by atoms with Gasteiger partial charge in [0.15, 0.2) is 0 Å². The van der Waals surface area contributed by atoms with Crippen molar-refractivity contribution in [3.63, 3.8) is 0 Å². The molecule has 4 rings (SSSR count). The van der Waals surface area contributed by atoms with E-state index in [4.69, 9.17) is 9.72 Å². The van der Waals surface area contributed by atoms with Crippen LogP contribution in [-0.2, 0) is 9.53 Å². The third kappa shape index (κ3) is 3.05. The van der Waals surface area contributed by atoms with E-state index in [9.17, 15) is 4.79 Å². The summed E-state index contributed by atoms with van der Waals surface area (Å²) >= 11 is 1.66. The number of esters is 1. The van der Waals surface area contributed by atoms with Gasteiger partial charge in [-0.1, -0.05) is 30.3 Å². The van der Waals surface area contributed by atoms with Crippen LogP contribution in [0.4, 0.5) is 5.82 Å². The zero-order valence-corrected chi connectivity index (χ0v) is 15.8. The molecular weight excluding hydrogens is 346 g/mol. The zero-order chi connectivity index (χ0) is 18.1. The first-order valence-corrected chi connectivity index (χ1v) is 9.69.